The molecule has 1 amide bonds. The molecule has 0 saturated heterocycles. The summed E-state index contributed by atoms with van der Waals surface area (Å²) in [4.78, 5) is 13.0. The molecule has 0 fully saturated rings. The SMILES string of the molecule is CCc1ccc(N(CC(=O)Nc2ccc(C)cc2C)S(=O)(=O)c2ccccc2)cc1. The van der Waals surface area contributed by atoms with Crippen LogP contribution >= 0.6 is 0 Å². The molecule has 3 rings (SSSR count). The van der Waals surface area contributed by atoms with Gasteiger partial charge in [0.25, 0.3) is 10.0 Å². The number of carbonyl (C=O) groups excluding carboxylic acids is 1. The van der Waals surface area contributed by atoms with Gasteiger partial charge in [-0.25, -0.2) is 8.42 Å². The van der Waals surface area contributed by atoms with Crippen LogP contribution in [0.1, 0.15) is 23.6 Å². The molecule has 0 unspecified atom stereocenters. The summed E-state index contributed by atoms with van der Waals surface area (Å²) >= 11 is 0. The molecule has 0 atom stereocenters. The average molecular weight is 423 g/mol. The molecule has 0 heterocycles. The zero-order chi connectivity index (χ0) is 21.7. The Morgan fingerprint density at radius 2 is 1.60 bits per heavy atom. The largest absolute Gasteiger partial charge is 0.324 e. The monoisotopic (exact) mass is 422 g/mol. The maximum atomic E-state index is 13.3. The molecule has 1 N–H and O–H groups in total. The van der Waals surface area contributed by atoms with E-state index < -0.39 is 15.9 Å². The molecular weight excluding hydrogens is 396 g/mol. The van der Waals surface area contributed by atoms with Crippen molar-refractivity contribution in [3.63, 3.8) is 0 Å². The van der Waals surface area contributed by atoms with Crippen LogP contribution in [-0.4, -0.2) is 20.9 Å². The molecular formula is C24H26N2O3S. The predicted molar refractivity (Wildman–Crippen MR) is 121 cm³/mol. The third-order valence-electron chi connectivity index (χ3n) is 4.91. The second-order valence-electron chi connectivity index (χ2n) is 7.21. The first-order valence-electron chi connectivity index (χ1n) is 9.85. The molecule has 3 aromatic rings. The van der Waals surface area contributed by atoms with Gasteiger partial charge in [0, 0.05) is 5.69 Å². The van der Waals surface area contributed by atoms with Crippen LogP contribution in [0, 0.1) is 13.8 Å². The number of carbonyl (C=O) groups is 1. The van der Waals surface area contributed by atoms with Crippen molar-refractivity contribution in [2.75, 3.05) is 16.2 Å². The number of amides is 1. The van der Waals surface area contributed by atoms with Crippen LogP contribution in [0.5, 0.6) is 0 Å². The van der Waals surface area contributed by atoms with Gasteiger partial charge in [0.05, 0.1) is 10.6 Å². The summed E-state index contributed by atoms with van der Waals surface area (Å²) in [6, 6.07) is 21.1. The highest BCUT2D eigenvalue weighted by molar-refractivity contribution is 7.92. The van der Waals surface area contributed by atoms with Gasteiger partial charge in [0.1, 0.15) is 6.54 Å². The highest BCUT2D eigenvalue weighted by Crippen LogP contribution is 2.25. The fourth-order valence-electron chi connectivity index (χ4n) is 3.21. The van der Waals surface area contributed by atoms with Gasteiger partial charge in [-0.05, 0) is 61.7 Å². The smallest absolute Gasteiger partial charge is 0.264 e. The minimum Gasteiger partial charge on any atom is -0.324 e. The number of rotatable bonds is 7. The summed E-state index contributed by atoms with van der Waals surface area (Å²) < 4.78 is 27.8. The number of anilines is 2. The van der Waals surface area contributed by atoms with E-state index in [9.17, 15) is 13.2 Å². The van der Waals surface area contributed by atoms with E-state index >= 15 is 0 Å². The molecule has 0 aromatic heterocycles. The van der Waals surface area contributed by atoms with E-state index in [1.54, 1.807) is 30.3 Å². The van der Waals surface area contributed by atoms with Crippen molar-refractivity contribution in [1.82, 2.24) is 0 Å². The van der Waals surface area contributed by atoms with Gasteiger partial charge in [-0.15, -0.1) is 0 Å². The molecule has 3 aromatic carbocycles. The number of aryl methyl sites for hydroxylation is 3. The Balaban J connectivity index is 1.93. The highest BCUT2D eigenvalue weighted by atomic mass is 32.2. The van der Waals surface area contributed by atoms with Crippen LogP contribution in [-0.2, 0) is 21.2 Å². The lowest BCUT2D eigenvalue weighted by molar-refractivity contribution is -0.114. The Hall–Kier alpha value is -3.12. The van der Waals surface area contributed by atoms with E-state index in [0.717, 1.165) is 27.4 Å². The molecule has 0 aliphatic carbocycles. The number of nitrogens with zero attached hydrogens (tertiary/aromatic N) is 1. The maximum absolute atomic E-state index is 13.3. The zero-order valence-corrected chi connectivity index (χ0v) is 18.2. The summed E-state index contributed by atoms with van der Waals surface area (Å²) in [5, 5.41) is 2.84. The zero-order valence-electron chi connectivity index (χ0n) is 17.4. The van der Waals surface area contributed by atoms with E-state index in [2.05, 4.69) is 5.32 Å². The number of sulfonamides is 1. The lowest BCUT2D eigenvalue weighted by Gasteiger charge is -2.24. The van der Waals surface area contributed by atoms with Gasteiger partial charge in [0.2, 0.25) is 5.91 Å². The first-order valence-corrected chi connectivity index (χ1v) is 11.3. The van der Waals surface area contributed by atoms with Crippen molar-refractivity contribution >= 4 is 27.3 Å². The molecule has 0 radical (unpaired) electrons. The molecule has 30 heavy (non-hydrogen) atoms. The summed E-state index contributed by atoms with van der Waals surface area (Å²) in [5.74, 6) is -0.402. The number of nitrogens with one attached hydrogen (secondary N) is 1. The summed E-state index contributed by atoms with van der Waals surface area (Å²) in [6.07, 6.45) is 0.846. The fraction of sp³-hybridized carbons (Fsp3) is 0.208. The van der Waals surface area contributed by atoms with Crippen LogP contribution < -0.4 is 9.62 Å². The van der Waals surface area contributed by atoms with Gasteiger partial charge in [-0.3, -0.25) is 9.10 Å². The lowest BCUT2D eigenvalue weighted by atomic mass is 10.1. The van der Waals surface area contributed by atoms with Crippen molar-refractivity contribution in [2.24, 2.45) is 0 Å². The third-order valence-corrected chi connectivity index (χ3v) is 6.70. The standard InChI is InChI=1S/C24H26N2O3S/c1-4-20-11-13-21(14-12-20)26(30(28,29)22-8-6-5-7-9-22)17-24(27)25-23-15-10-18(2)16-19(23)3/h5-16H,4,17H2,1-3H3,(H,25,27). The van der Waals surface area contributed by atoms with Crippen LogP contribution in [0.2, 0.25) is 0 Å². The van der Waals surface area contributed by atoms with E-state index in [1.165, 1.54) is 12.1 Å². The van der Waals surface area contributed by atoms with E-state index in [-0.39, 0.29) is 11.4 Å². The lowest BCUT2D eigenvalue weighted by Crippen LogP contribution is -2.38. The Labute approximate surface area is 178 Å². The topological polar surface area (TPSA) is 66.5 Å². The molecule has 6 heteroatoms. The van der Waals surface area contributed by atoms with Gasteiger partial charge >= 0.3 is 0 Å². The Bertz CT molecular complexity index is 1120. The first-order chi connectivity index (χ1) is 14.3. The molecule has 0 bridgehead atoms. The molecule has 0 aliphatic heterocycles. The summed E-state index contributed by atoms with van der Waals surface area (Å²) in [7, 11) is -3.91. The van der Waals surface area contributed by atoms with Crippen molar-refractivity contribution < 1.29 is 13.2 Å². The molecule has 5 nitrogen and oxygen atoms in total. The Kier molecular flexibility index (Phi) is 6.57. The van der Waals surface area contributed by atoms with Gasteiger partial charge in [-0.2, -0.15) is 0 Å². The Morgan fingerprint density at radius 3 is 2.20 bits per heavy atom. The molecule has 0 saturated carbocycles. The van der Waals surface area contributed by atoms with Crippen molar-refractivity contribution in [1.29, 1.82) is 0 Å². The second-order valence-corrected chi connectivity index (χ2v) is 9.07. The van der Waals surface area contributed by atoms with Gasteiger partial charge in [0.15, 0.2) is 0 Å². The number of hydrogen-bond donors (Lipinski definition) is 1. The van der Waals surface area contributed by atoms with Crippen LogP contribution in [0.3, 0.4) is 0 Å². The normalized spacial score (nSPS) is 11.2. The Morgan fingerprint density at radius 1 is 0.933 bits per heavy atom. The predicted octanol–water partition coefficient (Wildman–Crippen LogP) is 4.70. The summed E-state index contributed by atoms with van der Waals surface area (Å²) in [5.41, 5.74) is 4.23. The van der Waals surface area contributed by atoms with Crippen molar-refractivity contribution in [3.05, 3.63) is 89.5 Å². The van der Waals surface area contributed by atoms with Crippen molar-refractivity contribution in [2.45, 2.75) is 32.1 Å². The van der Waals surface area contributed by atoms with Crippen LogP contribution in [0.15, 0.2) is 77.7 Å². The maximum Gasteiger partial charge on any atom is 0.264 e. The number of benzene rings is 3. The minimum atomic E-state index is -3.91. The van der Waals surface area contributed by atoms with Crippen LogP contribution in [0.4, 0.5) is 11.4 Å². The van der Waals surface area contributed by atoms with E-state index in [4.69, 9.17) is 0 Å². The van der Waals surface area contributed by atoms with E-state index in [1.807, 2.05) is 51.1 Å². The summed E-state index contributed by atoms with van der Waals surface area (Å²) in [6.45, 7) is 5.60. The van der Waals surface area contributed by atoms with E-state index in [0.29, 0.717) is 11.4 Å². The second kappa shape index (κ2) is 9.13. The molecule has 156 valence electrons. The van der Waals surface area contributed by atoms with Crippen molar-refractivity contribution in [3.8, 4) is 0 Å². The van der Waals surface area contributed by atoms with Crippen LogP contribution in [0.25, 0.3) is 0 Å². The first kappa shape index (κ1) is 21.6. The van der Waals surface area contributed by atoms with Gasteiger partial charge in [-0.1, -0.05) is 55.0 Å². The minimum absolute atomic E-state index is 0.142. The number of hydrogen-bond acceptors (Lipinski definition) is 3. The van der Waals surface area contributed by atoms with Gasteiger partial charge < -0.3 is 5.32 Å². The quantitative estimate of drug-likeness (QED) is 0.600. The average Bonchev–Trinajstić information content (AvgIpc) is 2.75. The third kappa shape index (κ3) is 4.89. The highest BCUT2D eigenvalue weighted by Gasteiger charge is 2.27. The fourth-order valence-corrected chi connectivity index (χ4v) is 4.65. The molecule has 0 aliphatic rings. The molecule has 0 spiro atoms.